The summed E-state index contributed by atoms with van der Waals surface area (Å²) in [6.07, 6.45) is 2.39. The van der Waals surface area contributed by atoms with E-state index < -0.39 is 23.8 Å². The Labute approximate surface area is 222 Å². The molecule has 0 aliphatic carbocycles. The topological polar surface area (TPSA) is 90.4 Å². The fourth-order valence-corrected chi connectivity index (χ4v) is 4.42. The number of aromatic amines is 1. The molecule has 0 saturated carbocycles. The number of nitrogens with zero attached hydrogens (tertiary/aromatic N) is 3. The lowest BCUT2D eigenvalue weighted by Gasteiger charge is -2.25. The maximum Gasteiger partial charge on any atom is 0.272 e. The number of halogens is 3. The van der Waals surface area contributed by atoms with E-state index in [2.05, 4.69) is 20.3 Å². The molecule has 1 aliphatic rings. The van der Waals surface area contributed by atoms with Crippen molar-refractivity contribution < 1.29 is 14.0 Å². The lowest BCUT2D eigenvalue weighted by atomic mass is 9.99. The molecule has 0 saturated heterocycles. The molecule has 1 atom stereocenters. The molecule has 2 heterocycles. The zero-order valence-corrected chi connectivity index (χ0v) is 20.8. The standard InChI is InChI=1S/C27H20Cl2FN5O2/c28-20-10-9-16(13-21(20)29)26(36)34-25-27(37)35(12-11-17-14-31-15-32-17)23-8-4-2-6-19(23)24(33-25)18-5-1-3-7-22(18)30/h1-10,13-15,25H,11-12H2,(H,31,32)(H,34,36). The molecule has 1 aliphatic heterocycles. The van der Waals surface area contributed by atoms with Crippen LogP contribution in [0.4, 0.5) is 10.1 Å². The first-order chi connectivity index (χ1) is 17.9. The molecule has 4 aromatic rings. The zero-order chi connectivity index (χ0) is 25.9. The Morgan fingerprint density at radius 2 is 1.78 bits per heavy atom. The Bertz CT molecular complexity index is 1510. The van der Waals surface area contributed by atoms with E-state index in [4.69, 9.17) is 23.2 Å². The van der Waals surface area contributed by atoms with Gasteiger partial charge in [-0.15, -0.1) is 0 Å². The molecule has 0 radical (unpaired) electrons. The third-order valence-corrected chi connectivity index (χ3v) is 6.69. The van der Waals surface area contributed by atoms with Gasteiger partial charge in [0.05, 0.1) is 27.8 Å². The van der Waals surface area contributed by atoms with Crippen LogP contribution in [0.5, 0.6) is 0 Å². The minimum Gasteiger partial charge on any atom is -0.348 e. The third kappa shape index (κ3) is 5.12. The van der Waals surface area contributed by atoms with E-state index in [0.717, 1.165) is 5.69 Å². The summed E-state index contributed by atoms with van der Waals surface area (Å²) in [7, 11) is 0. The quantitative estimate of drug-likeness (QED) is 0.362. The van der Waals surface area contributed by atoms with E-state index >= 15 is 0 Å². The molecule has 0 fully saturated rings. The lowest BCUT2D eigenvalue weighted by Crippen LogP contribution is -2.48. The number of carbonyl (C=O) groups is 2. The molecule has 0 spiro atoms. The first-order valence-electron chi connectivity index (χ1n) is 11.4. The molecular formula is C27H20Cl2FN5O2. The molecule has 5 rings (SSSR count). The first kappa shape index (κ1) is 24.7. The van der Waals surface area contributed by atoms with Crippen LogP contribution in [0.3, 0.4) is 0 Å². The molecule has 2 amide bonds. The first-order valence-corrected chi connectivity index (χ1v) is 12.1. The molecule has 3 aromatic carbocycles. The highest BCUT2D eigenvalue weighted by molar-refractivity contribution is 6.42. The number of amides is 2. The van der Waals surface area contributed by atoms with Gasteiger partial charge in [0.25, 0.3) is 11.8 Å². The monoisotopic (exact) mass is 535 g/mol. The van der Waals surface area contributed by atoms with Crippen molar-refractivity contribution in [2.24, 2.45) is 4.99 Å². The molecule has 1 aromatic heterocycles. The maximum atomic E-state index is 15.0. The zero-order valence-electron chi connectivity index (χ0n) is 19.3. The second-order valence-electron chi connectivity index (χ2n) is 8.30. The Hall–Kier alpha value is -4.01. The predicted molar refractivity (Wildman–Crippen MR) is 141 cm³/mol. The maximum absolute atomic E-state index is 15.0. The normalized spacial score (nSPS) is 15.1. The molecule has 37 heavy (non-hydrogen) atoms. The van der Waals surface area contributed by atoms with Crippen molar-refractivity contribution in [3.63, 3.8) is 0 Å². The number of fused-ring (bicyclic) bond motifs is 1. The van der Waals surface area contributed by atoms with Crippen LogP contribution in [0.2, 0.25) is 10.0 Å². The highest BCUT2D eigenvalue weighted by Crippen LogP contribution is 2.29. The number of H-pyrrole nitrogens is 1. The molecular weight excluding hydrogens is 516 g/mol. The number of benzene rings is 3. The number of nitrogens with one attached hydrogen (secondary N) is 2. The van der Waals surface area contributed by atoms with E-state index in [1.807, 2.05) is 0 Å². The van der Waals surface area contributed by atoms with E-state index in [1.54, 1.807) is 59.9 Å². The second kappa shape index (κ2) is 10.5. The average Bonchev–Trinajstić information content (AvgIpc) is 3.39. The number of rotatable bonds is 6. The number of aromatic nitrogens is 2. The number of para-hydroxylation sites is 1. The van der Waals surface area contributed by atoms with Crippen LogP contribution in [-0.4, -0.2) is 40.2 Å². The van der Waals surface area contributed by atoms with Crippen molar-refractivity contribution in [2.75, 3.05) is 11.4 Å². The van der Waals surface area contributed by atoms with Crippen LogP contribution in [0.15, 0.2) is 84.2 Å². The third-order valence-electron chi connectivity index (χ3n) is 5.95. The number of hydrogen-bond acceptors (Lipinski definition) is 4. The summed E-state index contributed by atoms with van der Waals surface area (Å²) in [6, 6.07) is 17.7. The van der Waals surface area contributed by atoms with Crippen molar-refractivity contribution >= 4 is 46.4 Å². The molecule has 7 nitrogen and oxygen atoms in total. The largest absolute Gasteiger partial charge is 0.348 e. The van der Waals surface area contributed by atoms with Crippen molar-refractivity contribution in [1.29, 1.82) is 0 Å². The van der Waals surface area contributed by atoms with Gasteiger partial charge in [-0.3, -0.25) is 9.59 Å². The van der Waals surface area contributed by atoms with Crippen molar-refractivity contribution in [3.05, 3.63) is 118 Å². The van der Waals surface area contributed by atoms with Gasteiger partial charge >= 0.3 is 0 Å². The number of anilines is 1. The Kier molecular flexibility index (Phi) is 7.03. The van der Waals surface area contributed by atoms with E-state index in [-0.39, 0.29) is 28.4 Å². The van der Waals surface area contributed by atoms with Gasteiger partial charge in [0.2, 0.25) is 6.17 Å². The van der Waals surface area contributed by atoms with Gasteiger partial charge in [0.15, 0.2) is 0 Å². The van der Waals surface area contributed by atoms with Crippen molar-refractivity contribution in [1.82, 2.24) is 15.3 Å². The van der Waals surface area contributed by atoms with Gasteiger partial charge in [-0.2, -0.15) is 0 Å². The van der Waals surface area contributed by atoms with Crippen LogP contribution in [0.25, 0.3) is 0 Å². The van der Waals surface area contributed by atoms with Gasteiger partial charge in [0.1, 0.15) is 5.82 Å². The van der Waals surface area contributed by atoms with Crippen LogP contribution >= 0.6 is 23.2 Å². The number of hydrogen-bond donors (Lipinski definition) is 2. The molecule has 0 bridgehead atoms. The number of benzodiazepines with no additional fused rings is 1. The summed E-state index contributed by atoms with van der Waals surface area (Å²) in [6.45, 7) is 0.275. The highest BCUT2D eigenvalue weighted by atomic mass is 35.5. The Balaban J connectivity index is 1.58. The van der Waals surface area contributed by atoms with Gasteiger partial charge < -0.3 is 15.2 Å². The molecule has 2 N–H and O–H groups in total. The molecule has 186 valence electrons. The number of carbonyl (C=O) groups excluding carboxylic acids is 2. The fourth-order valence-electron chi connectivity index (χ4n) is 4.12. The SMILES string of the molecule is O=C(NC1N=C(c2ccccc2F)c2ccccc2N(CCc2cnc[nH]2)C1=O)c1ccc(Cl)c(Cl)c1. The smallest absolute Gasteiger partial charge is 0.272 e. The van der Waals surface area contributed by atoms with Gasteiger partial charge in [-0.05, 0) is 36.4 Å². The summed E-state index contributed by atoms with van der Waals surface area (Å²) in [5, 5.41) is 3.18. The average molecular weight is 536 g/mol. The van der Waals surface area contributed by atoms with Crippen LogP contribution < -0.4 is 10.2 Å². The Morgan fingerprint density at radius 1 is 1.03 bits per heavy atom. The van der Waals surface area contributed by atoms with Gasteiger partial charge in [-0.25, -0.2) is 14.4 Å². The van der Waals surface area contributed by atoms with Crippen LogP contribution in [0.1, 0.15) is 27.2 Å². The predicted octanol–water partition coefficient (Wildman–Crippen LogP) is 5.04. The van der Waals surface area contributed by atoms with Crippen LogP contribution in [0, 0.1) is 5.82 Å². The summed E-state index contributed by atoms with van der Waals surface area (Å²) >= 11 is 12.1. The molecule has 1 unspecified atom stereocenters. The van der Waals surface area contributed by atoms with E-state index in [1.165, 1.54) is 24.3 Å². The second-order valence-corrected chi connectivity index (χ2v) is 9.11. The van der Waals surface area contributed by atoms with E-state index in [9.17, 15) is 14.0 Å². The fraction of sp³-hybridized carbons (Fsp3) is 0.111. The van der Waals surface area contributed by atoms with Crippen LogP contribution in [-0.2, 0) is 11.2 Å². The summed E-state index contributed by atoms with van der Waals surface area (Å²) in [5.74, 6) is -1.54. The van der Waals surface area contributed by atoms with Crippen molar-refractivity contribution in [2.45, 2.75) is 12.6 Å². The summed E-state index contributed by atoms with van der Waals surface area (Å²) < 4.78 is 15.0. The highest BCUT2D eigenvalue weighted by Gasteiger charge is 2.33. The van der Waals surface area contributed by atoms with Gasteiger partial charge in [0, 0.05) is 41.5 Å². The van der Waals surface area contributed by atoms with Gasteiger partial charge in [-0.1, -0.05) is 53.5 Å². The number of aliphatic imine (C=N–C) groups is 1. The number of imidazole rings is 1. The Morgan fingerprint density at radius 3 is 2.51 bits per heavy atom. The minimum atomic E-state index is -1.33. The van der Waals surface area contributed by atoms with E-state index in [0.29, 0.717) is 22.7 Å². The minimum absolute atomic E-state index is 0.200. The summed E-state index contributed by atoms with van der Waals surface area (Å²) in [4.78, 5) is 40.2. The molecule has 10 heteroatoms. The lowest BCUT2D eigenvalue weighted by molar-refractivity contribution is -0.120. The van der Waals surface area contributed by atoms with Crippen molar-refractivity contribution in [3.8, 4) is 0 Å². The summed E-state index contributed by atoms with van der Waals surface area (Å²) in [5.41, 5.74) is 2.63.